The quantitative estimate of drug-likeness (QED) is 0.803. The number of aromatic nitrogens is 1. The van der Waals surface area contributed by atoms with Crippen molar-refractivity contribution in [1.29, 1.82) is 0 Å². The second-order valence-corrected chi connectivity index (χ2v) is 6.77. The molecule has 0 N–H and O–H groups in total. The van der Waals surface area contributed by atoms with E-state index in [1.807, 2.05) is 12.1 Å². The van der Waals surface area contributed by atoms with Gasteiger partial charge in [-0.05, 0) is 30.0 Å². The van der Waals surface area contributed by atoms with E-state index in [0.717, 1.165) is 5.56 Å². The molecule has 0 radical (unpaired) electrons. The molecule has 2 rings (SSSR count). The molecular weight excluding hydrogens is 238 g/mol. The van der Waals surface area contributed by atoms with Gasteiger partial charge in [-0.2, -0.15) is 0 Å². The van der Waals surface area contributed by atoms with Crippen LogP contribution in [0.2, 0.25) is 0 Å². The Bertz CT molecular complexity index is 496. The van der Waals surface area contributed by atoms with Crippen LogP contribution in [0.15, 0.2) is 24.5 Å². The molecule has 92 valence electrons. The first-order chi connectivity index (χ1) is 8.05. The fraction of sp³-hybridized carbons (Fsp3) is 0.500. The highest BCUT2D eigenvalue weighted by molar-refractivity contribution is 7.91. The van der Waals surface area contributed by atoms with Crippen molar-refractivity contribution in [2.24, 2.45) is 5.92 Å². The van der Waals surface area contributed by atoms with Crippen LogP contribution in [-0.4, -0.2) is 30.7 Å². The van der Waals surface area contributed by atoms with Gasteiger partial charge in [0, 0.05) is 25.2 Å². The summed E-state index contributed by atoms with van der Waals surface area (Å²) in [7, 11) is -2.88. The summed E-state index contributed by atoms with van der Waals surface area (Å²) in [6.07, 6.45) is 4.69. The molecular formula is C12H15NO3S. The predicted octanol–water partition coefficient (Wildman–Crippen LogP) is 1.02. The molecule has 0 aliphatic carbocycles. The summed E-state index contributed by atoms with van der Waals surface area (Å²) in [4.78, 5) is 15.6. The number of sulfone groups is 1. The minimum Gasteiger partial charge on any atom is -0.299 e. The van der Waals surface area contributed by atoms with E-state index in [9.17, 15) is 13.2 Å². The number of rotatable bonds is 4. The van der Waals surface area contributed by atoms with Crippen LogP contribution in [0, 0.1) is 5.92 Å². The Morgan fingerprint density at radius 2 is 2.06 bits per heavy atom. The molecule has 0 saturated carbocycles. The van der Waals surface area contributed by atoms with Gasteiger partial charge in [0.1, 0.15) is 5.78 Å². The van der Waals surface area contributed by atoms with Crippen molar-refractivity contribution < 1.29 is 13.2 Å². The van der Waals surface area contributed by atoms with Gasteiger partial charge < -0.3 is 0 Å². The van der Waals surface area contributed by atoms with Gasteiger partial charge in [0.15, 0.2) is 9.84 Å². The Kier molecular flexibility index (Phi) is 3.57. The van der Waals surface area contributed by atoms with E-state index in [0.29, 0.717) is 19.3 Å². The minimum atomic E-state index is -2.88. The number of pyridine rings is 1. The molecule has 1 aromatic rings. The summed E-state index contributed by atoms with van der Waals surface area (Å²) >= 11 is 0. The molecule has 1 unspecified atom stereocenters. The van der Waals surface area contributed by atoms with Gasteiger partial charge in [-0.3, -0.25) is 9.78 Å². The molecule has 0 aromatic carbocycles. The summed E-state index contributed by atoms with van der Waals surface area (Å²) in [6, 6.07) is 3.62. The third-order valence-electron chi connectivity index (χ3n) is 2.99. The summed E-state index contributed by atoms with van der Waals surface area (Å²) in [5, 5.41) is 0. The third kappa shape index (κ3) is 3.63. The summed E-state index contributed by atoms with van der Waals surface area (Å²) < 4.78 is 22.5. The van der Waals surface area contributed by atoms with Crippen molar-refractivity contribution in [3.8, 4) is 0 Å². The van der Waals surface area contributed by atoms with E-state index in [2.05, 4.69) is 4.98 Å². The number of Topliss-reactive ketones (excluding diaryl/α,β-unsaturated/α-hetero) is 1. The molecule has 17 heavy (non-hydrogen) atoms. The Hall–Kier alpha value is -1.23. The van der Waals surface area contributed by atoms with Crippen molar-refractivity contribution in [1.82, 2.24) is 4.98 Å². The van der Waals surface area contributed by atoms with E-state index < -0.39 is 9.84 Å². The van der Waals surface area contributed by atoms with Gasteiger partial charge in [0.2, 0.25) is 0 Å². The average Bonchev–Trinajstić information content (AvgIpc) is 2.59. The Morgan fingerprint density at radius 3 is 2.65 bits per heavy atom. The van der Waals surface area contributed by atoms with Crippen molar-refractivity contribution in [2.75, 3.05) is 11.5 Å². The monoisotopic (exact) mass is 253 g/mol. The summed E-state index contributed by atoms with van der Waals surface area (Å²) in [5.74, 6) is 0.544. The van der Waals surface area contributed by atoms with Crippen LogP contribution in [0.3, 0.4) is 0 Å². The topological polar surface area (TPSA) is 64.1 Å². The maximum atomic E-state index is 11.8. The SMILES string of the molecule is O=C(Cc1ccncc1)CC1CCS(=O)(=O)C1. The second-order valence-electron chi connectivity index (χ2n) is 4.54. The summed E-state index contributed by atoms with van der Waals surface area (Å²) in [5.41, 5.74) is 0.936. The highest BCUT2D eigenvalue weighted by Gasteiger charge is 2.29. The molecule has 1 atom stereocenters. The number of nitrogens with zero attached hydrogens (tertiary/aromatic N) is 1. The molecule has 4 nitrogen and oxygen atoms in total. The first-order valence-electron chi connectivity index (χ1n) is 5.66. The standard InChI is InChI=1S/C12H15NO3S/c14-12(7-10-1-4-13-5-2-10)8-11-3-6-17(15,16)9-11/h1-2,4-5,11H,3,6-9H2. The first-order valence-corrected chi connectivity index (χ1v) is 7.48. The third-order valence-corrected chi connectivity index (χ3v) is 4.83. The van der Waals surface area contributed by atoms with Crippen LogP contribution in [0.5, 0.6) is 0 Å². The average molecular weight is 253 g/mol. The maximum absolute atomic E-state index is 11.8. The first kappa shape index (κ1) is 12.2. The lowest BCUT2D eigenvalue weighted by atomic mass is 9.98. The van der Waals surface area contributed by atoms with E-state index in [1.54, 1.807) is 12.4 Å². The smallest absolute Gasteiger partial charge is 0.150 e. The van der Waals surface area contributed by atoms with Crippen LogP contribution in [0.25, 0.3) is 0 Å². The molecule has 1 aromatic heterocycles. The van der Waals surface area contributed by atoms with Gasteiger partial charge in [0.05, 0.1) is 11.5 Å². The van der Waals surface area contributed by atoms with Crippen molar-refractivity contribution in [3.63, 3.8) is 0 Å². The van der Waals surface area contributed by atoms with Crippen LogP contribution in [0.1, 0.15) is 18.4 Å². The maximum Gasteiger partial charge on any atom is 0.150 e. The lowest BCUT2D eigenvalue weighted by Crippen LogP contribution is -2.12. The van der Waals surface area contributed by atoms with E-state index in [4.69, 9.17) is 0 Å². The Balaban J connectivity index is 1.87. The van der Waals surface area contributed by atoms with Gasteiger partial charge >= 0.3 is 0 Å². The molecule has 1 aliphatic rings. The van der Waals surface area contributed by atoms with E-state index in [-0.39, 0.29) is 23.2 Å². The number of hydrogen-bond acceptors (Lipinski definition) is 4. The summed E-state index contributed by atoms with van der Waals surface area (Å²) in [6.45, 7) is 0. The molecule has 1 saturated heterocycles. The second kappa shape index (κ2) is 4.96. The lowest BCUT2D eigenvalue weighted by molar-refractivity contribution is -0.119. The predicted molar refractivity (Wildman–Crippen MR) is 64.3 cm³/mol. The lowest BCUT2D eigenvalue weighted by Gasteiger charge is -2.06. The van der Waals surface area contributed by atoms with Gasteiger partial charge in [0.25, 0.3) is 0 Å². The largest absolute Gasteiger partial charge is 0.299 e. The molecule has 0 spiro atoms. The number of carbonyl (C=O) groups excluding carboxylic acids is 1. The van der Waals surface area contributed by atoms with Gasteiger partial charge in [-0.25, -0.2) is 8.42 Å². The normalized spacial score (nSPS) is 22.5. The number of carbonyl (C=O) groups is 1. The van der Waals surface area contributed by atoms with E-state index in [1.165, 1.54) is 0 Å². The zero-order chi connectivity index (χ0) is 12.3. The zero-order valence-electron chi connectivity index (χ0n) is 9.50. The Morgan fingerprint density at radius 1 is 1.35 bits per heavy atom. The Labute approximate surface area is 101 Å². The highest BCUT2D eigenvalue weighted by atomic mass is 32.2. The van der Waals surface area contributed by atoms with Crippen molar-refractivity contribution in [2.45, 2.75) is 19.3 Å². The number of hydrogen-bond donors (Lipinski definition) is 0. The number of ketones is 1. The minimum absolute atomic E-state index is 0.0225. The fourth-order valence-electron chi connectivity index (χ4n) is 2.16. The molecule has 0 amide bonds. The van der Waals surface area contributed by atoms with Crippen molar-refractivity contribution in [3.05, 3.63) is 30.1 Å². The highest BCUT2D eigenvalue weighted by Crippen LogP contribution is 2.22. The van der Waals surface area contributed by atoms with Gasteiger partial charge in [-0.1, -0.05) is 0 Å². The van der Waals surface area contributed by atoms with Crippen LogP contribution >= 0.6 is 0 Å². The molecule has 1 fully saturated rings. The van der Waals surface area contributed by atoms with Crippen LogP contribution in [-0.2, 0) is 21.1 Å². The van der Waals surface area contributed by atoms with E-state index >= 15 is 0 Å². The van der Waals surface area contributed by atoms with Crippen LogP contribution < -0.4 is 0 Å². The van der Waals surface area contributed by atoms with Crippen molar-refractivity contribution >= 4 is 15.6 Å². The molecule has 0 bridgehead atoms. The molecule has 1 aliphatic heterocycles. The zero-order valence-corrected chi connectivity index (χ0v) is 10.3. The van der Waals surface area contributed by atoms with Crippen LogP contribution in [0.4, 0.5) is 0 Å². The fourth-order valence-corrected chi connectivity index (χ4v) is 4.02. The molecule has 2 heterocycles. The van der Waals surface area contributed by atoms with Gasteiger partial charge in [-0.15, -0.1) is 0 Å². The molecule has 5 heteroatoms.